The molecule has 2 aromatic heterocycles. The Balaban J connectivity index is 2.05. The Kier molecular flexibility index (Phi) is 2.49. The summed E-state index contributed by atoms with van der Waals surface area (Å²) < 4.78 is 2.41. The lowest BCUT2D eigenvalue weighted by atomic mass is 10.1. The highest BCUT2D eigenvalue weighted by atomic mass is 15.1. The number of hydrogen-bond donors (Lipinski definition) is 2. The van der Waals surface area contributed by atoms with Crippen LogP contribution in [0.1, 0.15) is 55.9 Å². The van der Waals surface area contributed by atoms with Crippen LogP contribution in [0.5, 0.6) is 0 Å². The second kappa shape index (κ2) is 4.23. The van der Waals surface area contributed by atoms with Crippen molar-refractivity contribution in [2.24, 2.45) is 0 Å². The fourth-order valence-electron chi connectivity index (χ4n) is 3.65. The summed E-state index contributed by atoms with van der Waals surface area (Å²) in [6, 6.07) is 0.845. The minimum Gasteiger partial charge on any atom is -0.383 e. The summed E-state index contributed by atoms with van der Waals surface area (Å²) in [5, 5.41) is 4.51. The molecule has 0 radical (unpaired) electrons. The molecule has 1 fully saturated rings. The van der Waals surface area contributed by atoms with Crippen LogP contribution in [0.2, 0.25) is 0 Å². The third-order valence-electron chi connectivity index (χ3n) is 4.54. The van der Waals surface area contributed by atoms with Gasteiger partial charge in [0.1, 0.15) is 5.65 Å². The van der Waals surface area contributed by atoms with Crippen LogP contribution in [0.4, 0.5) is 5.95 Å². The van der Waals surface area contributed by atoms with Crippen LogP contribution in [0, 0.1) is 0 Å². The van der Waals surface area contributed by atoms with Gasteiger partial charge in [-0.3, -0.25) is 0 Å². The van der Waals surface area contributed by atoms with E-state index in [1.807, 2.05) is 12.4 Å². The molecule has 2 aromatic rings. The van der Waals surface area contributed by atoms with E-state index in [-0.39, 0.29) is 0 Å². The molecule has 1 saturated carbocycles. The van der Waals surface area contributed by atoms with Gasteiger partial charge in [0.2, 0.25) is 5.95 Å². The monoisotopic (exact) mass is 269 g/mol. The molecule has 5 nitrogen and oxygen atoms in total. The third kappa shape index (κ3) is 1.55. The summed E-state index contributed by atoms with van der Waals surface area (Å²) in [4.78, 5) is 8.71. The van der Waals surface area contributed by atoms with E-state index in [9.17, 15) is 0 Å². The molecule has 20 heavy (non-hydrogen) atoms. The smallest absolute Gasteiger partial charge is 0.221 e. The summed E-state index contributed by atoms with van der Waals surface area (Å²) in [5.74, 6) is 0.358. The lowest BCUT2D eigenvalue weighted by Gasteiger charge is -2.24. The average molecular weight is 269 g/mol. The molecule has 1 unspecified atom stereocenters. The molecular formula is C15H19N5. The van der Waals surface area contributed by atoms with Crippen LogP contribution in [-0.2, 0) is 0 Å². The van der Waals surface area contributed by atoms with Crippen molar-refractivity contribution in [3.8, 4) is 0 Å². The Bertz CT molecular complexity index is 694. The first-order valence-corrected chi connectivity index (χ1v) is 7.34. The molecule has 0 spiro atoms. The summed E-state index contributed by atoms with van der Waals surface area (Å²) in [6.07, 6.45) is 11.1. The highest BCUT2D eigenvalue weighted by Crippen LogP contribution is 2.40. The van der Waals surface area contributed by atoms with Crippen LogP contribution in [0.3, 0.4) is 0 Å². The first-order chi connectivity index (χ1) is 9.75. The average Bonchev–Trinajstić information content (AvgIpc) is 3.04. The van der Waals surface area contributed by atoms with Crippen LogP contribution < -0.4 is 11.1 Å². The van der Waals surface area contributed by atoms with Gasteiger partial charge in [-0.2, -0.15) is 4.98 Å². The second-order valence-corrected chi connectivity index (χ2v) is 5.79. The maximum Gasteiger partial charge on any atom is 0.221 e. The van der Waals surface area contributed by atoms with E-state index in [1.165, 1.54) is 36.9 Å². The molecule has 1 atom stereocenters. The van der Waals surface area contributed by atoms with Gasteiger partial charge in [0, 0.05) is 28.9 Å². The van der Waals surface area contributed by atoms with Crippen molar-refractivity contribution in [1.82, 2.24) is 19.9 Å². The zero-order chi connectivity index (χ0) is 13.7. The van der Waals surface area contributed by atoms with Crippen molar-refractivity contribution in [3.63, 3.8) is 0 Å². The van der Waals surface area contributed by atoms with Crippen molar-refractivity contribution < 1.29 is 0 Å². The van der Waals surface area contributed by atoms with Crippen LogP contribution >= 0.6 is 0 Å². The fourth-order valence-corrected chi connectivity index (χ4v) is 3.65. The number of hydrogen-bond acceptors (Lipinski definition) is 4. The van der Waals surface area contributed by atoms with Gasteiger partial charge in [0.05, 0.1) is 6.04 Å². The zero-order valence-electron chi connectivity index (χ0n) is 11.6. The summed E-state index contributed by atoms with van der Waals surface area (Å²) >= 11 is 0. The number of nitrogens with zero attached hydrogens (tertiary/aromatic N) is 3. The van der Waals surface area contributed by atoms with Crippen LogP contribution in [0.25, 0.3) is 17.1 Å². The largest absolute Gasteiger partial charge is 0.383 e. The van der Waals surface area contributed by atoms with Gasteiger partial charge in [-0.05, 0) is 32.0 Å². The SMILES string of the molecule is CC1NC=Cc2c1n(C1CCCC1)c1nc(N)ncc21. The molecule has 0 aromatic carbocycles. The van der Waals surface area contributed by atoms with E-state index in [4.69, 9.17) is 5.73 Å². The zero-order valence-corrected chi connectivity index (χ0v) is 11.6. The standard InChI is InChI=1S/C15H19N5/c1-9-13-11(6-7-17-9)12-8-18-15(16)19-14(12)20(13)10-4-2-3-5-10/h6-10,17H,2-5H2,1H3,(H2,16,18,19). The van der Waals surface area contributed by atoms with Crippen LogP contribution in [-0.4, -0.2) is 14.5 Å². The molecular weight excluding hydrogens is 250 g/mol. The molecule has 0 amide bonds. The number of anilines is 1. The first-order valence-electron chi connectivity index (χ1n) is 7.34. The topological polar surface area (TPSA) is 68.8 Å². The predicted molar refractivity (Wildman–Crippen MR) is 80.0 cm³/mol. The first kappa shape index (κ1) is 11.8. The third-order valence-corrected chi connectivity index (χ3v) is 4.54. The molecule has 104 valence electrons. The number of aromatic nitrogens is 3. The van der Waals surface area contributed by atoms with Gasteiger partial charge < -0.3 is 15.6 Å². The maximum absolute atomic E-state index is 5.81. The Labute approximate surface area is 117 Å². The Hall–Kier alpha value is -2.04. The van der Waals surface area contributed by atoms with Crippen molar-refractivity contribution in [2.45, 2.75) is 44.7 Å². The second-order valence-electron chi connectivity index (χ2n) is 5.79. The minimum atomic E-state index is 0.297. The van der Waals surface area contributed by atoms with E-state index < -0.39 is 0 Å². The number of rotatable bonds is 1. The quantitative estimate of drug-likeness (QED) is 0.835. The molecule has 3 N–H and O–H groups in total. The highest BCUT2D eigenvalue weighted by Gasteiger charge is 2.28. The number of fused-ring (bicyclic) bond motifs is 3. The van der Waals surface area contributed by atoms with Crippen LogP contribution in [0.15, 0.2) is 12.4 Å². The summed E-state index contributed by atoms with van der Waals surface area (Å²) in [5.41, 5.74) is 9.39. The predicted octanol–water partition coefficient (Wildman–Crippen LogP) is 2.76. The molecule has 0 bridgehead atoms. The summed E-state index contributed by atoms with van der Waals surface area (Å²) in [6.45, 7) is 2.20. The van der Waals surface area contributed by atoms with E-state index in [2.05, 4.69) is 32.9 Å². The normalized spacial score (nSPS) is 22.1. The number of nitrogens with one attached hydrogen (secondary N) is 1. The van der Waals surface area contributed by atoms with Gasteiger partial charge >= 0.3 is 0 Å². The van der Waals surface area contributed by atoms with Crippen molar-refractivity contribution in [3.05, 3.63) is 23.7 Å². The summed E-state index contributed by atoms with van der Waals surface area (Å²) in [7, 11) is 0. The Morgan fingerprint density at radius 1 is 1.35 bits per heavy atom. The van der Waals surface area contributed by atoms with E-state index in [0.717, 1.165) is 11.0 Å². The lowest BCUT2D eigenvalue weighted by molar-refractivity contribution is 0.486. The van der Waals surface area contributed by atoms with E-state index in [1.54, 1.807) is 0 Å². The van der Waals surface area contributed by atoms with E-state index in [0.29, 0.717) is 18.0 Å². The molecule has 0 saturated heterocycles. The van der Waals surface area contributed by atoms with Gasteiger partial charge in [-0.1, -0.05) is 12.8 Å². The van der Waals surface area contributed by atoms with Gasteiger partial charge in [0.15, 0.2) is 0 Å². The highest BCUT2D eigenvalue weighted by molar-refractivity contribution is 5.89. The lowest BCUT2D eigenvalue weighted by Crippen LogP contribution is -2.21. The molecule has 1 aliphatic heterocycles. The Morgan fingerprint density at radius 2 is 2.15 bits per heavy atom. The molecule has 4 rings (SSSR count). The van der Waals surface area contributed by atoms with E-state index >= 15 is 0 Å². The van der Waals surface area contributed by atoms with Crippen molar-refractivity contribution >= 4 is 23.1 Å². The minimum absolute atomic E-state index is 0.297. The van der Waals surface area contributed by atoms with Crippen molar-refractivity contribution in [1.29, 1.82) is 0 Å². The molecule has 1 aliphatic carbocycles. The van der Waals surface area contributed by atoms with Gasteiger partial charge in [-0.25, -0.2) is 4.98 Å². The van der Waals surface area contributed by atoms with Crippen molar-refractivity contribution in [2.75, 3.05) is 5.73 Å². The number of nitrogens with two attached hydrogens (primary N) is 1. The number of nitrogen functional groups attached to an aromatic ring is 1. The Morgan fingerprint density at radius 3 is 2.95 bits per heavy atom. The fraction of sp³-hybridized carbons (Fsp3) is 0.467. The van der Waals surface area contributed by atoms with Gasteiger partial charge in [-0.15, -0.1) is 0 Å². The maximum atomic E-state index is 5.81. The molecule has 3 heterocycles. The molecule has 2 aliphatic rings. The molecule has 5 heteroatoms. The van der Waals surface area contributed by atoms with Gasteiger partial charge in [0.25, 0.3) is 0 Å².